The van der Waals surface area contributed by atoms with Gasteiger partial charge in [-0.25, -0.2) is 13.8 Å². The van der Waals surface area contributed by atoms with Gasteiger partial charge in [-0.05, 0) is 38.0 Å². The zero-order chi connectivity index (χ0) is 16.9. The lowest BCUT2D eigenvalue weighted by Crippen LogP contribution is -2.39. The Morgan fingerprint density at radius 1 is 1.00 bits per heavy atom. The first-order valence-corrected chi connectivity index (χ1v) is 8.92. The number of sulfonamides is 1. The summed E-state index contributed by atoms with van der Waals surface area (Å²) in [5.74, 6) is 0. The van der Waals surface area contributed by atoms with Crippen LogP contribution in [-0.2, 0) is 10.0 Å². The van der Waals surface area contributed by atoms with Crippen LogP contribution in [0.25, 0.3) is 0 Å². The summed E-state index contributed by atoms with van der Waals surface area (Å²) >= 11 is 0. The Morgan fingerprint density at radius 2 is 1.52 bits per heavy atom. The molecule has 0 aliphatic carbocycles. The molecule has 2 N–H and O–H groups in total. The Bertz CT molecular complexity index is 751. The van der Waals surface area contributed by atoms with E-state index in [1.54, 1.807) is 30.3 Å². The highest BCUT2D eigenvalue weighted by Crippen LogP contribution is 2.18. The molecule has 0 saturated carbocycles. The van der Waals surface area contributed by atoms with E-state index in [2.05, 4.69) is 16.8 Å². The van der Waals surface area contributed by atoms with Crippen molar-refractivity contribution < 1.29 is 8.42 Å². The van der Waals surface area contributed by atoms with Gasteiger partial charge in [0.2, 0.25) is 0 Å². The van der Waals surface area contributed by atoms with Crippen LogP contribution in [0.5, 0.6) is 0 Å². The molecule has 0 radical (unpaired) electrons. The van der Waals surface area contributed by atoms with Crippen molar-refractivity contribution in [3.8, 4) is 0 Å². The Kier molecular flexibility index (Phi) is 5.71. The van der Waals surface area contributed by atoms with Crippen LogP contribution in [0.15, 0.2) is 66.1 Å². The molecule has 2 aromatic carbocycles. The normalized spacial score (nSPS) is 12.8. The lowest BCUT2D eigenvalue weighted by Gasteiger charge is -2.18. The molecule has 0 heterocycles. The van der Waals surface area contributed by atoms with Crippen LogP contribution in [0.3, 0.4) is 0 Å². The molecule has 0 unspecified atom stereocenters. The molecule has 0 aliphatic heterocycles. The van der Waals surface area contributed by atoms with E-state index >= 15 is 0 Å². The average molecular weight is 330 g/mol. The summed E-state index contributed by atoms with van der Waals surface area (Å²) in [7, 11) is -3.60. The highest BCUT2D eigenvalue weighted by molar-refractivity contribution is 7.89. The van der Waals surface area contributed by atoms with Gasteiger partial charge in [-0.2, -0.15) is 0 Å². The first kappa shape index (κ1) is 17.4. The van der Waals surface area contributed by atoms with Crippen molar-refractivity contribution in [3.05, 3.63) is 77.9 Å². The maximum absolute atomic E-state index is 12.3. The minimum Gasteiger partial charge on any atom is -0.236 e. The fourth-order valence-electron chi connectivity index (χ4n) is 2.17. The fraction of sp³-hybridized carbons (Fsp3) is 0.222. The standard InChI is InChI=1S/C18H22N2O2S/c1-4-5-18(16-10-6-14(2)7-11-16)19-20-23(21,22)17-12-8-15(3)9-13-17/h4,6-13,18-20H,1,5H2,2-3H3/t18-/m0/s1. The molecule has 2 aromatic rings. The van der Waals surface area contributed by atoms with E-state index in [4.69, 9.17) is 0 Å². The Morgan fingerprint density at radius 3 is 2.04 bits per heavy atom. The number of nitrogens with one attached hydrogen (secondary N) is 2. The zero-order valence-electron chi connectivity index (χ0n) is 13.4. The van der Waals surface area contributed by atoms with Crippen LogP contribution in [0.1, 0.15) is 29.2 Å². The second-order valence-corrected chi connectivity index (χ2v) is 7.23. The molecule has 4 nitrogen and oxygen atoms in total. The molecule has 2 rings (SSSR count). The maximum Gasteiger partial charge on any atom is 0.253 e. The van der Waals surface area contributed by atoms with Crippen LogP contribution in [-0.4, -0.2) is 8.42 Å². The van der Waals surface area contributed by atoms with Crippen molar-refractivity contribution in [2.45, 2.75) is 31.2 Å². The van der Waals surface area contributed by atoms with E-state index in [9.17, 15) is 8.42 Å². The molecule has 0 aromatic heterocycles. The van der Waals surface area contributed by atoms with Crippen molar-refractivity contribution in [2.24, 2.45) is 0 Å². The minimum atomic E-state index is -3.60. The monoisotopic (exact) mass is 330 g/mol. The topological polar surface area (TPSA) is 58.2 Å². The lowest BCUT2D eigenvalue weighted by atomic mass is 10.0. The molecular formula is C18H22N2O2S. The highest BCUT2D eigenvalue weighted by Gasteiger charge is 2.16. The van der Waals surface area contributed by atoms with Crippen LogP contribution in [0.2, 0.25) is 0 Å². The van der Waals surface area contributed by atoms with E-state index in [1.807, 2.05) is 38.1 Å². The third-order valence-electron chi connectivity index (χ3n) is 3.58. The van der Waals surface area contributed by atoms with Crippen molar-refractivity contribution in [2.75, 3.05) is 0 Å². The number of hydrogen-bond acceptors (Lipinski definition) is 3. The second kappa shape index (κ2) is 7.55. The van der Waals surface area contributed by atoms with Crippen LogP contribution in [0, 0.1) is 13.8 Å². The van der Waals surface area contributed by atoms with Gasteiger partial charge < -0.3 is 0 Å². The highest BCUT2D eigenvalue weighted by atomic mass is 32.2. The largest absolute Gasteiger partial charge is 0.253 e. The van der Waals surface area contributed by atoms with Gasteiger partial charge in [0, 0.05) is 0 Å². The quantitative estimate of drug-likeness (QED) is 0.604. The molecule has 122 valence electrons. The van der Waals surface area contributed by atoms with Crippen molar-refractivity contribution >= 4 is 10.0 Å². The molecule has 0 fully saturated rings. The number of hydrogen-bond donors (Lipinski definition) is 2. The van der Waals surface area contributed by atoms with Gasteiger partial charge in [0.05, 0.1) is 10.9 Å². The van der Waals surface area contributed by atoms with E-state index in [0.29, 0.717) is 6.42 Å². The van der Waals surface area contributed by atoms with E-state index < -0.39 is 10.0 Å². The summed E-state index contributed by atoms with van der Waals surface area (Å²) in [5, 5.41) is 0. The van der Waals surface area contributed by atoms with Crippen molar-refractivity contribution in [3.63, 3.8) is 0 Å². The first-order chi connectivity index (χ1) is 10.9. The van der Waals surface area contributed by atoms with Gasteiger partial charge in [0.25, 0.3) is 10.0 Å². The fourth-order valence-corrected chi connectivity index (χ4v) is 3.08. The summed E-state index contributed by atoms with van der Waals surface area (Å²) in [6.07, 6.45) is 2.37. The number of hydrazine groups is 1. The number of aryl methyl sites for hydroxylation is 2. The van der Waals surface area contributed by atoms with Crippen LogP contribution >= 0.6 is 0 Å². The van der Waals surface area contributed by atoms with Gasteiger partial charge >= 0.3 is 0 Å². The zero-order valence-corrected chi connectivity index (χ0v) is 14.2. The Labute approximate surface area is 138 Å². The molecule has 5 heteroatoms. The smallest absolute Gasteiger partial charge is 0.236 e. The Hall–Kier alpha value is -1.95. The van der Waals surface area contributed by atoms with E-state index in [1.165, 1.54) is 0 Å². The molecule has 0 saturated heterocycles. The second-order valence-electron chi connectivity index (χ2n) is 5.55. The van der Waals surface area contributed by atoms with Gasteiger partial charge in [-0.1, -0.05) is 53.6 Å². The third kappa shape index (κ3) is 4.76. The number of benzene rings is 2. The maximum atomic E-state index is 12.3. The Balaban J connectivity index is 2.13. The van der Waals surface area contributed by atoms with E-state index in [0.717, 1.165) is 16.7 Å². The summed E-state index contributed by atoms with van der Waals surface area (Å²) in [6, 6.07) is 14.5. The summed E-state index contributed by atoms with van der Waals surface area (Å²) in [6.45, 7) is 7.67. The first-order valence-electron chi connectivity index (χ1n) is 7.44. The molecule has 23 heavy (non-hydrogen) atoms. The van der Waals surface area contributed by atoms with Gasteiger partial charge in [-0.3, -0.25) is 0 Å². The van der Waals surface area contributed by atoms with Crippen LogP contribution in [0.4, 0.5) is 0 Å². The molecule has 1 atom stereocenters. The average Bonchev–Trinajstić information content (AvgIpc) is 2.53. The van der Waals surface area contributed by atoms with Crippen molar-refractivity contribution in [1.82, 2.24) is 10.3 Å². The molecule has 0 bridgehead atoms. The molecule has 0 aliphatic rings. The molecular weight excluding hydrogens is 308 g/mol. The van der Waals surface area contributed by atoms with Gasteiger partial charge in [0.1, 0.15) is 0 Å². The van der Waals surface area contributed by atoms with Gasteiger partial charge in [-0.15, -0.1) is 11.4 Å². The summed E-state index contributed by atoms with van der Waals surface area (Å²) < 4.78 is 24.7. The predicted octanol–water partition coefficient (Wildman–Crippen LogP) is 3.40. The summed E-state index contributed by atoms with van der Waals surface area (Å²) in [4.78, 5) is 2.70. The van der Waals surface area contributed by atoms with Crippen molar-refractivity contribution in [1.29, 1.82) is 0 Å². The lowest BCUT2D eigenvalue weighted by molar-refractivity contribution is 0.494. The predicted molar refractivity (Wildman–Crippen MR) is 93.4 cm³/mol. The third-order valence-corrected chi connectivity index (χ3v) is 4.86. The van der Waals surface area contributed by atoms with Gasteiger partial charge in [0.15, 0.2) is 0 Å². The SMILES string of the molecule is C=CC[C@H](NNS(=O)(=O)c1ccc(C)cc1)c1ccc(C)cc1. The minimum absolute atomic E-state index is 0.173. The van der Waals surface area contributed by atoms with E-state index in [-0.39, 0.29) is 10.9 Å². The molecule has 0 amide bonds. The number of rotatable bonds is 7. The van der Waals surface area contributed by atoms with Crippen LogP contribution < -0.4 is 10.3 Å². The summed E-state index contributed by atoms with van der Waals surface area (Å²) in [5.41, 5.74) is 6.08. The molecule has 0 spiro atoms.